The number of nitrogens with zero attached hydrogens (tertiary/aromatic N) is 4. The van der Waals surface area contributed by atoms with Gasteiger partial charge in [0.25, 0.3) is 0 Å². The van der Waals surface area contributed by atoms with Crippen LogP contribution in [0.5, 0.6) is 5.75 Å². The fourth-order valence-electron chi connectivity index (χ4n) is 3.19. The first kappa shape index (κ1) is 18.9. The number of ether oxygens (including phenoxy) is 2. The molecule has 1 aromatic carbocycles. The second-order valence-electron chi connectivity index (χ2n) is 7.65. The van der Waals surface area contributed by atoms with E-state index in [4.69, 9.17) is 9.47 Å². The van der Waals surface area contributed by atoms with Crippen LogP contribution < -0.4 is 4.74 Å². The average molecular weight is 376 g/mol. The first-order valence-electron chi connectivity index (χ1n) is 8.87. The molecule has 2 heterocycles. The summed E-state index contributed by atoms with van der Waals surface area (Å²) in [5.74, 6) is 0.192. The molecule has 9 heteroatoms. The Kier molecular flexibility index (Phi) is 4.95. The number of nitro benzene ring substituents is 1. The summed E-state index contributed by atoms with van der Waals surface area (Å²) in [6.45, 7) is 6.71. The van der Waals surface area contributed by atoms with Gasteiger partial charge in [-0.05, 0) is 33.6 Å². The van der Waals surface area contributed by atoms with E-state index in [1.807, 2.05) is 31.6 Å². The largest absolute Gasteiger partial charge is 0.490 e. The number of amides is 1. The van der Waals surface area contributed by atoms with Crippen LogP contribution in [-0.2, 0) is 4.74 Å². The Morgan fingerprint density at radius 2 is 1.96 bits per heavy atom. The van der Waals surface area contributed by atoms with E-state index in [-0.39, 0.29) is 23.6 Å². The lowest BCUT2D eigenvalue weighted by atomic mass is 10.1. The van der Waals surface area contributed by atoms with Gasteiger partial charge in [0.1, 0.15) is 5.60 Å². The molecule has 0 N–H and O–H groups in total. The smallest absolute Gasteiger partial charge is 0.410 e. The highest BCUT2D eigenvalue weighted by atomic mass is 16.6. The molecule has 9 nitrogen and oxygen atoms in total. The van der Waals surface area contributed by atoms with Crippen LogP contribution in [0, 0.1) is 10.1 Å². The van der Waals surface area contributed by atoms with E-state index in [9.17, 15) is 14.9 Å². The molecule has 3 rings (SSSR count). The Hall–Kier alpha value is -2.84. The van der Waals surface area contributed by atoms with Crippen molar-refractivity contribution < 1.29 is 19.2 Å². The zero-order chi connectivity index (χ0) is 19.8. The van der Waals surface area contributed by atoms with E-state index in [1.54, 1.807) is 11.0 Å². The molecule has 146 valence electrons. The van der Waals surface area contributed by atoms with Crippen LogP contribution in [0.1, 0.15) is 39.7 Å². The molecule has 2 aromatic rings. The van der Waals surface area contributed by atoms with Crippen LogP contribution in [0.3, 0.4) is 0 Å². The summed E-state index contributed by atoms with van der Waals surface area (Å²) < 4.78 is 12.3. The fraction of sp³-hybridized carbons (Fsp3) is 0.556. The van der Waals surface area contributed by atoms with E-state index < -0.39 is 10.5 Å². The zero-order valence-corrected chi connectivity index (χ0v) is 16.0. The van der Waals surface area contributed by atoms with Crippen LogP contribution in [0.15, 0.2) is 18.3 Å². The van der Waals surface area contributed by atoms with Gasteiger partial charge in [0.2, 0.25) is 0 Å². The maximum absolute atomic E-state index is 12.2. The fourth-order valence-corrected chi connectivity index (χ4v) is 3.19. The van der Waals surface area contributed by atoms with Gasteiger partial charge in [-0.15, -0.1) is 0 Å². The van der Waals surface area contributed by atoms with E-state index in [1.165, 1.54) is 13.2 Å². The van der Waals surface area contributed by atoms with Gasteiger partial charge in [0.05, 0.1) is 23.6 Å². The Bertz CT molecular complexity index is 862. The van der Waals surface area contributed by atoms with Gasteiger partial charge in [-0.2, -0.15) is 5.10 Å². The highest BCUT2D eigenvalue weighted by molar-refractivity contribution is 5.83. The summed E-state index contributed by atoms with van der Waals surface area (Å²) >= 11 is 0. The summed E-state index contributed by atoms with van der Waals surface area (Å²) in [5.41, 5.74) is 0.0535. The molecule has 0 bridgehead atoms. The van der Waals surface area contributed by atoms with Crippen LogP contribution in [-0.4, -0.2) is 51.5 Å². The minimum absolute atomic E-state index is 0.0794. The number of rotatable bonds is 3. The maximum atomic E-state index is 12.2. The molecule has 27 heavy (non-hydrogen) atoms. The summed E-state index contributed by atoms with van der Waals surface area (Å²) in [4.78, 5) is 24.6. The number of hydrogen-bond donors (Lipinski definition) is 0. The number of nitro groups is 1. The first-order valence-corrected chi connectivity index (χ1v) is 8.87. The highest BCUT2D eigenvalue weighted by Gasteiger charge is 2.28. The van der Waals surface area contributed by atoms with E-state index in [0.717, 1.165) is 12.8 Å². The third-order valence-electron chi connectivity index (χ3n) is 4.51. The summed E-state index contributed by atoms with van der Waals surface area (Å²) in [6.07, 6.45) is 3.00. The second-order valence-corrected chi connectivity index (χ2v) is 7.65. The number of carbonyl (C=O) groups is 1. The molecule has 0 saturated carbocycles. The molecule has 0 spiro atoms. The summed E-state index contributed by atoms with van der Waals surface area (Å²) in [6, 6.07) is 3.19. The quantitative estimate of drug-likeness (QED) is 0.600. The summed E-state index contributed by atoms with van der Waals surface area (Å²) in [5, 5.41) is 16.4. The number of benzene rings is 1. The Labute approximate surface area is 157 Å². The normalized spacial score (nSPS) is 15.8. The van der Waals surface area contributed by atoms with Crippen LogP contribution in [0.4, 0.5) is 10.5 Å². The topological polar surface area (TPSA) is 99.7 Å². The molecule has 1 amide bonds. The standard InChI is InChI=1S/C18H24N4O5/c1-18(2,3)27-17(23)20-7-5-13(6-8-20)21-11-12-9-15(22(24)25)16(26-4)10-14(12)19-21/h9-11,13H,5-8H2,1-4H3. The Morgan fingerprint density at radius 1 is 1.30 bits per heavy atom. The molecule has 1 aromatic heterocycles. The maximum Gasteiger partial charge on any atom is 0.410 e. The van der Waals surface area contributed by atoms with Crippen molar-refractivity contribution in [3.63, 3.8) is 0 Å². The monoisotopic (exact) mass is 376 g/mol. The minimum Gasteiger partial charge on any atom is -0.490 e. The van der Waals surface area contributed by atoms with Crippen molar-refractivity contribution in [2.75, 3.05) is 20.2 Å². The van der Waals surface area contributed by atoms with Crippen molar-refractivity contribution in [3.8, 4) is 5.75 Å². The van der Waals surface area contributed by atoms with Gasteiger partial charge < -0.3 is 14.4 Å². The van der Waals surface area contributed by atoms with Gasteiger partial charge in [-0.1, -0.05) is 0 Å². The highest BCUT2D eigenvalue weighted by Crippen LogP contribution is 2.33. The average Bonchev–Trinajstić information content (AvgIpc) is 3.02. The van der Waals surface area contributed by atoms with Crippen LogP contribution >= 0.6 is 0 Å². The lowest BCUT2D eigenvalue weighted by Crippen LogP contribution is -2.42. The number of piperidine rings is 1. The third-order valence-corrected chi connectivity index (χ3v) is 4.51. The van der Waals surface area contributed by atoms with Gasteiger partial charge in [-0.25, -0.2) is 4.79 Å². The number of aromatic nitrogens is 2. The van der Waals surface area contributed by atoms with Gasteiger partial charge in [0, 0.05) is 36.8 Å². The lowest BCUT2D eigenvalue weighted by molar-refractivity contribution is -0.385. The van der Waals surface area contributed by atoms with E-state index >= 15 is 0 Å². The Balaban J connectivity index is 1.74. The minimum atomic E-state index is -0.512. The second kappa shape index (κ2) is 7.05. The molecular formula is C18H24N4O5. The van der Waals surface area contributed by atoms with E-state index in [2.05, 4.69) is 5.10 Å². The first-order chi connectivity index (χ1) is 12.7. The molecule has 0 aliphatic carbocycles. The van der Waals surface area contributed by atoms with Crippen molar-refractivity contribution in [1.29, 1.82) is 0 Å². The lowest BCUT2D eigenvalue weighted by Gasteiger charge is -2.33. The zero-order valence-electron chi connectivity index (χ0n) is 16.0. The van der Waals surface area contributed by atoms with E-state index in [0.29, 0.717) is 24.0 Å². The Morgan fingerprint density at radius 3 is 2.52 bits per heavy atom. The van der Waals surface area contributed by atoms with Crippen LogP contribution in [0.25, 0.3) is 10.9 Å². The molecule has 1 fully saturated rings. The van der Waals surface area contributed by atoms with Crippen molar-refractivity contribution in [2.45, 2.75) is 45.3 Å². The number of likely N-dealkylation sites (tertiary alicyclic amines) is 1. The van der Waals surface area contributed by atoms with Crippen LogP contribution in [0.2, 0.25) is 0 Å². The number of methoxy groups -OCH3 is 1. The molecule has 0 radical (unpaired) electrons. The van der Waals surface area contributed by atoms with Crippen molar-refractivity contribution in [2.24, 2.45) is 0 Å². The molecule has 0 unspecified atom stereocenters. The SMILES string of the molecule is COc1cc2nn(C3CCN(C(=O)OC(C)(C)C)CC3)cc2cc1[N+](=O)[O-]. The van der Waals surface area contributed by atoms with Gasteiger partial charge in [-0.3, -0.25) is 14.8 Å². The molecule has 1 saturated heterocycles. The number of fused-ring (bicyclic) bond motifs is 1. The molecular weight excluding hydrogens is 352 g/mol. The van der Waals surface area contributed by atoms with Gasteiger partial charge >= 0.3 is 11.8 Å². The number of hydrogen-bond acceptors (Lipinski definition) is 6. The molecule has 1 aliphatic rings. The molecule has 0 atom stereocenters. The van der Waals surface area contributed by atoms with Crippen molar-refractivity contribution >= 4 is 22.7 Å². The van der Waals surface area contributed by atoms with Crippen molar-refractivity contribution in [1.82, 2.24) is 14.7 Å². The number of carbonyl (C=O) groups excluding carboxylic acids is 1. The summed E-state index contributed by atoms with van der Waals surface area (Å²) in [7, 11) is 1.40. The predicted molar refractivity (Wildman–Crippen MR) is 99.0 cm³/mol. The molecule has 1 aliphatic heterocycles. The predicted octanol–water partition coefficient (Wildman–Crippen LogP) is 3.53. The van der Waals surface area contributed by atoms with Crippen molar-refractivity contribution in [3.05, 3.63) is 28.4 Å². The van der Waals surface area contributed by atoms with Gasteiger partial charge in [0.15, 0.2) is 5.75 Å². The third kappa shape index (κ3) is 4.12.